The summed E-state index contributed by atoms with van der Waals surface area (Å²) in [6, 6.07) is 7.70. The highest BCUT2D eigenvalue weighted by atomic mass is 16.5. The fourth-order valence-corrected chi connectivity index (χ4v) is 1.85. The van der Waals surface area contributed by atoms with Crippen LogP contribution in [0.5, 0.6) is 0 Å². The number of carbonyl (C=O) groups is 1. The highest BCUT2D eigenvalue weighted by Gasteiger charge is 2.15. The normalized spacial score (nSPS) is 19.9. The molecule has 0 amide bonds. The molecule has 1 saturated heterocycles. The molecular formula is C13H17NO3. The van der Waals surface area contributed by atoms with Crippen molar-refractivity contribution in [2.75, 3.05) is 26.4 Å². The fraction of sp³-hybridized carbons (Fsp3) is 0.462. The highest BCUT2D eigenvalue weighted by Crippen LogP contribution is 2.16. The molecule has 0 unspecified atom stereocenters. The molecule has 92 valence electrons. The van der Waals surface area contributed by atoms with Gasteiger partial charge in [0.2, 0.25) is 0 Å². The average Bonchev–Trinajstić information content (AvgIpc) is 2.40. The van der Waals surface area contributed by atoms with Gasteiger partial charge in [0.25, 0.3) is 0 Å². The SMILES string of the molecule is CCOC(=O)c1ccc([C@@H]2COCCN2)cc1. The van der Waals surface area contributed by atoms with Crippen molar-refractivity contribution in [2.24, 2.45) is 0 Å². The van der Waals surface area contributed by atoms with Crippen molar-refractivity contribution in [1.82, 2.24) is 5.32 Å². The van der Waals surface area contributed by atoms with Gasteiger partial charge < -0.3 is 14.8 Å². The quantitative estimate of drug-likeness (QED) is 0.807. The fourth-order valence-electron chi connectivity index (χ4n) is 1.85. The molecule has 1 aliphatic heterocycles. The van der Waals surface area contributed by atoms with E-state index in [2.05, 4.69) is 5.32 Å². The number of hydrogen-bond donors (Lipinski definition) is 1. The van der Waals surface area contributed by atoms with E-state index >= 15 is 0 Å². The van der Waals surface area contributed by atoms with Gasteiger partial charge in [-0.25, -0.2) is 4.79 Å². The molecule has 1 aliphatic rings. The summed E-state index contributed by atoms with van der Waals surface area (Å²) in [4.78, 5) is 11.5. The topological polar surface area (TPSA) is 47.6 Å². The van der Waals surface area contributed by atoms with Gasteiger partial charge in [0.15, 0.2) is 0 Å². The van der Waals surface area contributed by atoms with Gasteiger partial charge in [-0.05, 0) is 24.6 Å². The van der Waals surface area contributed by atoms with E-state index in [1.54, 1.807) is 19.1 Å². The second kappa shape index (κ2) is 5.80. The van der Waals surface area contributed by atoms with Crippen molar-refractivity contribution in [3.8, 4) is 0 Å². The molecule has 1 heterocycles. The second-order valence-electron chi connectivity index (χ2n) is 3.92. The van der Waals surface area contributed by atoms with Crippen LogP contribution in [0.2, 0.25) is 0 Å². The smallest absolute Gasteiger partial charge is 0.338 e. The lowest BCUT2D eigenvalue weighted by Crippen LogP contribution is -2.34. The average molecular weight is 235 g/mol. The van der Waals surface area contributed by atoms with Crippen LogP contribution in [-0.4, -0.2) is 32.3 Å². The molecule has 4 heteroatoms. The predicted molar refractivity (Wildman–Crippen MR) is 64.0 cm³/mol. The van der Waals surface area contributed by atoms with E-state index in [1.807, 2.05) is 12.1 Å². The van der Waals surface area contributed by atoms with Gasteiger partial charge in [0.1, 0.15) is 0 Å². The van der Waals surface area contributed by atoms with Gasteiger partial charge in [0.05, 0.1) is 31.4 Å². The lowest BCUT2D eigenvalue weighted by Gasteiger charge is -2.24. The van der Waals surface area contributed by atoms with Gasteiger partial charge in [-0.1, -0.05) is 12.1 Å². The van der Waals surface area contributed by atoms with Crippen molar-refractivity contribution in [3.05, 3.63) is 35.4 Å². The molecule has 1 aromatic carbocycles. The first-order valence-corrected chi connectivity index (χ1v) is 5.89. The lowest BCUT2D eigenvalue weighted by atomic mass is 10.0. The Kier molecular flexibility index (Phi) is 4.12. The Morgan fingerprint density at radius 2 is 2.24 bits per heavy atom. The molecule has 1 N–H and O–H groups in total. The van der Waals surface area contributed by atoms with Crippen molar-refractivity contribution in [3.63, 3.8) is 0 Å². The highest BCUT2D eigenvalue weighted by molar-refractivity contribution is 5.89. The summed E-state index contributed by atoms with van der Waals surface area (Å²) in [5.41, 5.74) is 1.73. The van der Waals surface area contributed by atoms with E-state index in [1.165, 1.54) is 0 Å². The van der Waals surface area contributed by atoms with Crippen LogP contribution in [0.15, 0.2) is 24.3 Å². The zero-order valence-electron chi connectivity index (χ0n) is 9.94. The van der Waals surface area contributed by atoms with E-state index in [-0.39, 0.29) is 12.0 Å². The first-order valence-electron chi connectivity index (χ1n) is 5.89. The zero-order chi connectivity index (χ0) is 12.1. The molecule has 0 bridgehead atoms. The van der Waals surface area contributed by atoms with E-state index in [9.17, 15) is 4.79 Å². The Hall–Kier alpha value is -1.39. The standard InChI is InChI=1S/C13H17NO3/c1-2-17-13(15)11-5-3-10(4-6-11)12-9-16-8-7-14-12/h3-6,12,14H,2,7-9H2,1H3/t12-/m0/s1. The summed E-state index contributed by atoms with van der Waals surface area (Å²) in [5, 5.41) is 3.37. The van der Waals surface area contributed by atoms with E-state index in [4.69, 9.17) is 9.47 Å². The Morgan fingerprint density at radius 3 is 2.82 bits per heavy atom. The minimum atomic E-state index is -0.271. The molecule has 0 saturated carbocycles. The third-order valence-corrected chi connectivity index (χ3v) is 2.75. The Morgan fingerprint density at radius 1 is 1.47 bits per heavy atom. The number of carbonyl (C=O) groups excluding carboxylic acids is 1. The number of rotatable bonds is 3. The number of nitrogens with one attached hydrogen (secondary N) is 1. The van der Waals surface area contributed by atoms with Crippen LogP contribution in [0.25, 0.3) is 0 Å². The molecule has 2 rings (SSSR count). The van der Waals surface area contributed by atoms with Crippen LogP contribution >= 0.6 is 0 Å². The van der Waals surface area contributed by atoms with Crippen molar-refractivity contribution < 1.29 is 14.3 Å². The maximum absolute atomic E-state index is 11.5. The van der Waals surface area contributed by atoms with Gasteiger partial charge in [-0.3, -0.25) is 0 Å². The van der Waals surface area contributed by atoms with Crippen LogP contribution in [0.1, 0.15) is 28.9 Å². The number of esters is 1. The molecule has 4 nitrogen and oxygen atoms in total. The molecule has 0 aromatic heterocycles. The van der Waals surface area contributed by atoms with Crippen molar-refractivity contribution in [2.45, 2.75) is 13.0 Å². The molecule has 1 atom stereocenters. The Labute approximate surface area is 101 Å². The number of morpholine rings is 1. The molecule has 1 aromatic rings. The number of benzene rings is 1. The van der Waals surface area contributed by atoms with Crippen LogP contribution < -0.4 is 5.32 Å². The first-order chi connectivity index (χ1) is 8.31. The lowest BCUT2D eigenvalue weighted by molar-refractivity contribution is 0.0526. The largest absolute Gasteiger partial charge is 0.462 e. The van der Waals surface area contributed by atoms with Crippen LogP contribution in [0.4, 0.5) is 0 Å². The monoisotopic (exact) mass is 235 g/mol. The number of hydrogen-bond acceptors (Lipinski definition) is 4. The first kappa shape index (κ1) is 12.1. The minimum absolute atomic E-state index is 0.222. The van der Waals surface area contributed by atoms with E-state index < -0.39 is 0 Å². The van der Waals surface area contributed by atoms with Crippen LogP contribution in [-0.2, 0) is 9.47 Å². The maximum Gasteiger partial charge on any atom is 0.338 e. The summed E-state index contributed by atoms with van der Waals surface area (Å²) >= 11 is 0. The third kappa shape index (κ3) is 3.05. The van der Waals surface area contributed by atoms with Gasteiger partial charge in [-0.2, -0.15) is 0 Å². The summed E-state index contributed by atoms with van der Waals surface area (Å²) < 4.78 is 10.3. The second-order valence-corrected chi connectivity index (χ2v) is 3.92. The summed E-state index contributed by atoms with van der Waals surface area (Å²) in [6.07, 6.45) is 0. The molecule has 0 spiro atoms. The number of ether oxygens (including phenoxy) is 2. The molecule has 0 radical (unpaired) electrons. The molecular weight excluding hydrogens is 218 g/mol. The Bertz CT molecular complexity index is 369. The summed E-state index contributed by atoms with van der Waals surface area (Å²) in [5.74, 6) is -0.271. The molecule has 17 heavy (non-hydrogen) atoms. The van der Waals surface area contributed by atoms with Crippen molar-refractivity contribution in [1.29, 1.82) is 0 Å². The third-order valence-electron chi connectivity index (χ3n) is 2.75. The minimum Gasteiger partial charge on any atom is -0.462 e. The summed E-state index contributed by atoms with van der Waals surface area (Å²) in [6.45, 7) is 4.51. The van der Waals surface area contributed by atoms with Gasteiger partial charge >= 0.3 is 5.97 Å². The van der Waals surface area contributed by atoms with Gasteiger partial charge in [0, 0.05) is 6.54 Å². The zero-order valence-corrected chi connectivity index (χ0v) is 9.94. The van der Waals surface area contributed by atoms with Crippen LogP contribution in [0.3, 0.4) is 0 Å². The maximum atomic E-state index is 11.5. The molecule has 1 fully saturated rings. The summed E-state index contributed by atoms with van der Waals surface area (Å²) in [7, 11) is 0. The van der Waals surface area contributed by atoms with E-state index in [0.29, 0.717) is 18.8 Å². The van der Waals surface area contributed by atoms with E-state index in [0.717, 1.165) is 18.7 Å². The Balaban J connectivity index is 2.04. The van der Waals surface area contributed by atoms with Gasteiger partial charge in [-0.15, -0.1) is 0 Å². The predicted octanol–water partition coefficient (Wildman–Crippen LogP) is 1.52. The van der Waals surface area contributed by atoms with Crippen LogP contribution in [0, 0.1) is 0 Å². The van der Waals surface area contributed by atoms with Crippen molar-refractivity contribution >= 4 is 5.97 Å². The molecule has 0 aliphatic carbocycles.